The molecule has 3 aromatic heterocycles. The normalized spacial score (nSPS) is 10.7. The van der Waals surface area contributed by atoms with Crippen LogP contribution in [0.15, 0.2) is 72.0 Å². The van der Waals surface area contributed by atoms with E-state index in [1.165, 1.54) is 4.68 Å². The predicted octanol–water partition coefficient (Wildman–Crippen LogP) is 3.93. The molecule has 0 unspecified atom stereocenters. The van der Waals surface area contributed by atoms with E-state index in [1.807, 2.05) is 6.07 Å². The third kappa shape index (κ3) is 4.82. The zero-order chi connectivity index (χ0) is 22.5. The Morgan fingerprint density at radius 3 is 2.72 bits per heavy atom. The summed E-state index contributed by atoms with van der Waals surface area (Å²) < 4.78 is 1.34. The highest BCUT2D eigenvalue weighted by atomic mass is 35.5. The van der Waals surface area contributed by atoms with E-state index in [-0.39, 0.29) is 24.7 Å². The first kappa shape index (κ1) is 21.6. The van der Waals surface area contributed by atoms with E-state index < -0.39 is 0 Å². The number of hydrogen-bond donors (Lipinski definition) is 3. The number of carbonyl (C=O) groups is 1. The maximum absolute atomic E-state index is 12.8. The largest absolute Gasteiger partial charge is 0.334 e. The Morgan fingerprint density at radius 2 is 1.91 bits per heavy atom. The first-order valence-electron chi connectivity index (χ1n) is 9.63. The van der Waals surface area contributed by atoms with Gasteiger partial charge in [-0.3, -0.25) is 14.9 Å². The van der Waals surface area contributed by atoms with Crippen LogP contribution in [0.1, 0.15) is 11.1 Å². The first-order valence-corrected chi connectivity index (χ1v) is 10.4. The van der Waals surface area contributed by atoms with Gasteiger partial charge in [-0.25, -0.2) is 14.5 Å². The fourth-order valence-corrected chi connectivity index (χ4v) is 3.45. The fraction of sp³-hybridized carbons (Fsp3) is 0.0909. The van der Waals surface area contributed by atoms with Gasteiger partial charge in [0, 0.05) is 43.4 Å². The number of nitrogens with one attached hydrogen (secondary N) is 3. The fourth-order valence-electron chi connectivity index (χ4n) is 3.07. The van der Waals surface area contributed by atoms with Crippen molar-refractivity contribution in [2.75, 3.05) is 0 Å². The molecule has 0 spiro atoms. The molecule has 1 aromatic carbocycles. The number of carbonyl (C=O) groups excluding carboxylic acids is 1. The quantitative estimate of drug-likeness (QED) is 0.398. The van der Waals surface area contributed by atoms with Gasteiger partial charge >= 0.3 is 6.03 Å². The summed E-state index contributed by atoms with van der Waals surface area (Å²) in [6.07, 6.45) is 6.46. The number of nitrogens with zero attached hydrogens (tertiary/aromatic N) is 3. The maximum Gasteiger partial charge on any atom is 0.315 e. The Balaban J connectivity index is 1.41. The van der Waals surface area contributed by atoms with Crippen molar-refractivity contribution in [1.29, 1.82) is 0 Å². The summed E-state index contributed by atoms with van der Waals surface area (Å²) in [5, 5.41) is 9.27. The lowest BCUT2D eigenvalue weighted by atomic mass is 10.2. The third-order valence-corrected chi connectivity index (χ3v) is 5.57. The Morgan fingerprint density at radius 1 is 1.06 bits per heavy atom. The third-order valence-electron chi connectivity index (χ3n) is 4.71. The highest BCUT2D eigenvalue weighted by Gasteiger charge is 2.12. The predicted molar refractivity (Wildman–Crippen MR) is 123 cm³/mol. The molecule has 8 nitrogen and oxygen atoms in total. The van der Waals surface area contributed by atoms with Crippen LogP contribution in [0.4, 0.5) is 4.79 Å². The van der Waals surface area contributed by atoms with Crippen molar-refractivity contribution >= 4 is 29.2 Å². The van der Waals surface area contributed by atoms with Gasteiger partial charge in [-0.05, 0) is 35.4 Å². The van der Waals surface area contributed by atoms with Gasteiger partial charge in [-0.2, -0.15) is 0 Å². The molecule has 3 N–H and O–H groups in total. The van der Waals surface area contributed by atoms with Gasteiger partial charge in [0.05, 0.1) is 15.6 Å². The topological polar surface area (TPSA) is 105 Å². The van der Waals surface area contributed by atoms with Crippen LogP contribution >= 0.6 is 23.2 Å². The van der Waals surface area contributed by atoms with Gasteiger partial charge in [0.2, 0.25) is 0 Å². The molecule has 3 heterocycles. The van der Waals surface area contributed by atoms with Crippen molar-refractivity contribution in [1.82, 2.24) is 30.4 Å². The number of pyridine rings is 2. The minimum Gasteiger partial charge on any atom is -0.334 e. The zero-order valence-corrected chi connectivity index (χ0v) is 18.2. The first-order chi connectivity index (χ1) is 15.5. The molecule has 32 heavy (non-hydrogen) atoms. The number of aromatic amines is 1. The average molecular weight is 469 g/mol. The molecule has 0 radical (unpaired) electrons. The van der Waals surface area contributed by atoms with Crippen LogP contribution in [-0.4, -0.2) is 25.8 Å². The molecule has 4 aromatic rings. The van der Waals surface area contributed by atoms with Crippen LogP contribution in [-0.2, 0) is 13.1 Å². The molecule has 10 heteroatoms. The molecule has 0 aliphatic carbocycles. The van der Waals surface area contributed by atoms with Crippen molar-refractivity contribution in [3.8, 4) is 16.9 Å². The minimum absolute atomic E-state index is 0.238. The van der Waals surface area contributed by atoms with E-state index in [0.717, 1.165) is 11.1 Å². The summed E-state index contributed by atoms with van der Waals surface area (Å²) in [5.74, 6) is 0.413. The summed E-state index contributed by atoms with van der Waals surface area (Å²) in [6.45, 7) is 0.483. The molecule has 0 aliphatic rings. The van der Waals surface area contributed by atoms with Gasteiger partial charge in [0.15, 0.2) is 5.82 Å². The van der Waals surface area contributed by atoms with Gasteiger partial charge in [0.25, 0.3) is 5.56 Å². The molecule has 0 saturated heterocycles. The summed E-state index contributed by atoms with van der Waals surface area (Å²) in [7, 11) is 0. The summed E-state index contributed by atoms with van der Waals surface area (Å²) in [4.78, 5) is 33.3. The Kier molecular flexibility index (Phi) is 6.53. The van der Waals surface area contributed by atoms with E-state index in [4.69, 9.17) is 23.2 Å². The zero-order valence-electron chi connectivity index (χ0n) is 16.7. The van der Waals surface area contributed by atoms with E-state index in [2.05, 4.69) is 25.7 Å². The van der Waals surface area contributed by atoms with Crippen molar-refractivity contribution in [2.45, 2.75) is 13.1 Å². The number of urea groups is 1. The molecule has 0 saturated carbocycles. The van der Waals surface area contributed by atoms with E-state index in [1.54, 1.807) is 61.2 Å². The van der Waals surface area contributed by atoms with Crippen molar-refractivity contribution in [3.63, 3.8) is 0 Å². The molecule has 0 bridgehead atoms. The van der Waals surface area contributed by atoms with Crippen LogP contribution in [0.3, 0.4) is 0 Å². The van der Waals surface area contributed by atoms with Gasteiger partial charge < -0.3 is 10.6 Å². The monoisotopic (exact) mass is 468 g/mol. The van der Waals surface area contributed by atoms with Crippen molar-refractivity contribution in [2.24, 2.45) is 0 Å². The Bertz CT molecular complexity index is 1300. The van der Waals surface area contributed by atoms with Crippen molar-refractivity contribution < 1.29 is 4.79 Å². The van der Waals surface area contributed by atoms with Crippen LogP contribution in [0.2, 0.25) is 10.0 Å². The molecule has 2 amide bonds. The summed E-state index contributed by atoms with van der Waals surface area (Å²) in [6, 6.07) is 11.9. The lowest BCUT2D eigenvalue weighted by Gasteiger charge is -2.10. The second-order valence-corrected chi connectivity index (χ2v) is 7.63. The average Bonchev–Trinajstić information content (AvgIpc) is 3.20. The van der Waals surface area contributed by atoms with Crippen LogP contribution in [0.5, 0.6) is 0 Å². The molecule has 162 valence electrons. The van der Waals surface area contributed by atoms with Gasteiger partial charge in [0.1, 0.15) is 0 Å². The smallest absolute Gasteiger partial charge is 0.315 e. The van der Waals surface area contributed by atoms with Crippen LogP contribution in [0, 0.1) is 0 Å². The Hall–Kier alpha value is -3.62. The number of H-pyrrole nitrogens is 1. The highest BCUT2D eigenvalue weighted by Crippen LogP contribution is 2.25. The number of hydrogen-bond acceptors (Lipinski definition) is 4. The number of rotatable bonds is 6. The molecular formula is C22H18Cl2N6O2. The lowest BCUT2D eigenvalue weighted by Crippen LogP contribution is -2.34. The second kappa shape index (κ2) is 9.67. The number of aromatic nitrogens is 4. The van der Waals surface area contributed by atoms with Crippen LogP contribution < -0.4 is 16.2 Å². The second-order valence-electron chi connectivity index (χ2n) is 6.84. The molecule has 0 aliphatic heterocycles. The Labute approximate surface area is 193 Å². The number of benzene rings is 1. The molecule has 0 fully saturated rings. The van der Waals surface area contributed by atoms with Gasteiger partial charge in [-0.15, -0.1) is 0 Å². The van der Waals surface area contributed by atoms with E-state index >= 15 is 0 Å². The summed E-state index contributed by atoms with van der Waals surface area (Å²) in [5.41, 5.74) is 2.45. The van der Waals surface area contributed by atoms with E-state index in [0.29, 0.717) is 27.0 Å². The molecule has 4 rings (SSSR count). The van der Waals surface area contributed by atoms with E-state index in [9.17, 15) is 9.59 Å². The summed E-state index contributed by atoms with van der Waals surface area (Å²) >= 11 is 12.1. The lowest BCUT2D eigenvalue weighted by molar-refractivity contribution is 0.240. The maximum atomic E-state index is 12.8. The SMILES string of the molecule is O=C(NCc1ccnc(-n2[nH]cc(-c3cccnc3)c2=O)c1)NCc1cccc(Cl)c1Cl. The van der Waals surface area contributed by atoms with Gasteiger partial charge in [-0.1, -0.05) is 41.4 Å². The standard InChI is InChI=1S/C22H18Cl2N6O2/c23-18-5-1-3-16(20(18)24)12-28-22(32)27-10-14-6-8-26-19(9-14)30-21(31)17(13-29-30)15-4-2-7-25-11-15/h1-9,11,13,29H,10,12H2,(H2,27,28,32). The number of amides is 2. The van der Waals surface area contributed by atoms with Crippen molar-refractivity contribution in [3.05, 3.63) is 98.8 Å². The minimum atomic E-state index is -0.365. The molecule has 0 atom stereocenters. The van der Waals surface area contributed by atoms with Crippen LogP contribution in [0.25, 0.3) is 16.9 Å². The molecular weight excluding hydrogens is 451 g/mol. The number of halogens is 2. The highest BCUT2D eigenvalue weighted by molar-refractivity contribution is 6.42.